The molecule has 0 amide bonds. The molecular formula is C6H12N2. The van der Waals surface area contributed by atoms with Gasteiger partial charge in [-0.15, -0.1) is 0 Å². The second-order valence-corrected chi connectivity index (χ2v) is 2.11. The van der Waals surface area contributed by atoms with Gasteiger partial charge < -0.3 is 4.90 Å². The Morgan fingerprint density at radius 2 is 2.12 bits per heavy atom. The van der Waals surface area contributed by atoms with Gasteiger partial charge in [-0.05, 0) is 13.3 Å². The van der Waals surface area contributed by atoms with Gasteiger partial charge in [0.25, 0.3) is 0 Å². The largest absolute Gasteiger partial charge is 0.360 e. The molecule has 0 unspecified atom stereocenters. The monoisotopic (exact) mass is 112 g/mol. The fourth-order valence-electron chi connectivity index (χ4n) is 0.781. The van der Waals surface area contributed by atoms with Crippen LogP contribution in [0.3, 0.4) is 0 Å². The average Bonchev–Trinajstić information content (AvgIpc) is 1.62. The van der Waals surface area contributed by atoms with Crippen molar-refractivity contribution < 1.29 is 0 Å². The topological polar surface area (TPSA) is 15.6 Å². The zero-order chi connectivity index (χ0) is 5.98. The zero-order valence-corrected chi connectivity index (χ0v) is 5.52. The number of hydrogen-bond donors (Lipinski definition) is 0. The van der Waals surface area contributed by atoms with Gasteiger partial charge in [0.05, 0.1) is 5.84 Å². The Morgan fingerprint density at radius 1 is 1.50 bits per heavy atom. The number of amidine groups is 1. The fourth-order valence-corrected chi connectivity index (χ4v) is 0.781. The molecule has 1 rings (SSSR count). The number of likely N-dealkylation sites (tertiary alicyclic amines) is 1. The van der Waals surface area contributed by atoms with E-state index in [0.717, 1.165) is 0 Å². The standard InChI is InChI=1S/C6H12N2/c1-6(7-2)8-4-3-5-8/h3-5H2,1-2H3/b7-6-. The molecule has 1 saturated heterocycles. The fraction of sp³-hybridized carbons (Fsp3) is 0.833. The highest BCUT2D eigenvalue weighted by molar-refractivity contribution is 5.80. The van der Waals surface area contributed by atoms with Crippen molar-refractivity contribution in [1.29, 1.82) is 0 Å². The summed E-state index contributed by atoms with van der Waals surface area (Å²) in [5, 5.41) is 0. The van der Waals surface area contributed by atoms with Crippen LogP contribution < -0.4 is 0 Å². The van der Waals surface area contributed by atoms with E-state index in [2.05, 4.69) is 16.8 Å². The molecule has 0 spiro atoms. The van der Waals surface area contributed by atoms with Crippen LogP contribution in [0.15, 0.2) is 4.99 Å². The van der Waals surface area contributed by atoms with Crippen LogP contribution in [0.2, 0.25) is 0 Å². The van der Waals surface area contributed by atoms with Crippen LogP contribution in [0.4, 0.5) is 0 Å². The van der Waals surface area contributed by atoms with E-state index in [0.29, 0.717) is 0 Å². The number of hydrogen-bond acceptors (Lipinski definition) is 1. The number of aliphatic imine (C=N–C) groups is 1. The number of nitrogens with zero attached hydrogens (tertiary/aromatic N) is 2. The van der Waals surface area contributed by atoms with Crippen molar-refractivity contribution in [2.24, 2.45) is 4.99 Å². The van der Waals surface area contributed by atoms with Crippen LogP contribution in [0.5, 0.6) is 0 Å². The summed E-state index contributed by atoms with van der Waals surface area (Å²) in [5.74, 6) is 1.18. The molecule has 0 saturated carbocycles. The van der Waals surface area contributed by atoms with Crippen molar-refractivity contribution in [2.45, 2.75) is 13.3 Å². The predicted molar refractivity (Wildman–Crippen MR) is 35.2 cm³/mol. The molecule has 0 aromatic heterocycles. The van der Waals surface area contributed by atoms with Crippen LogP contribution >= 0.6 is 0 Å². The highest BCUT2D eigenvalue weighted by Crippen LogP contribution is 2.05. The lowest BCUT2D eigenvalue weighted by Gasteiger charge is -2.32. The molecule has 1 aliphatic heterocycles. The minimum Gasteiger partial charge on any atom is -0.360 e. The first-order valence-corrected chi connectivity index (χ1v) is 3.03. The molecular weight excluding hydrogens is 100 g/mol. The molecule has 0 radical (unpaired) electrons. The molecule has 0 bridgehead atoms. The SMILES string of the molecule is C/N=C(/C)N1CCC1. The maximum absolute atomic E-state index is 4.05. The van der Waals surface area contributed by atoms with E-state index in [1.165, 1.54) is 25.3 Å². The van der Waals surface area contributed by atoms with Gasteiger partial charge >= 0.3 is 0 Å². The summed E-state index contributed by atoms with van der Waals surface area (Å²) < 4.78 is 0. The van der Waals surface area contributed by atoms with Gasteiger partial charge in [0.15, 0.2) is 0 Å². The molecule has 2 heteroatoms. The van der Waals surface area contributed by atoms with Gasteiger partial charge in [-0.1, -0.05) is 0 Å². The van der Waals surface area contributed by atoms with E-state index in [1.54, 1.807) is 0 Å². The Bertz CT molecular complexity index is 103. The summed E-state index contributed by atoms with van der Waals surface area (Å²) in [5.41, 5.74) is 0. The Morgan fingerprint density at radius 3 is 2.25 bits per heavy atom. The normalized spacial score (nSPS) is 20.8. The highest BCUT2D eigenvalue weighted by atomic mass is 15.2. The Labute approximate surface area is 50.2 Å². The van der Waals surface area contributed by atoms with Gasteiger partial charge in [0.1, 0.15) is 0 Å². The van der Waals surface area contributed by atoms with E-state index in [-0.39, 0.29) is 0 Å². The Hall–Kier alpha value is -0.530. The van der Waals surface area contributed by atoms with Crippen molar-refractivity contribution in [3.05, 3.63) is 0 Å². The first-order valence-electron chi connectivity index (χ1n) is 3.03. The molecule has 1 aliphatic rings. The van der Waals surface area contributed by atoms with E-state index >= 15 is 0 Å². The maximum atomic E-state index is 4.05. The molecule has 0 aromatic rings. The highest BCUT2D eigenvalue weighted by Gasteiger charge is 2.13. The van der Waals surface area contributed by atoms with Crippen LogP contribution in [-0.4, -0.2) is 30.9 Å². The van der Waals surface area contributed by atoms with Crippen LogP contribution in [0.1, 0.15) is 13.3 Å². The van der Waals surface area contributed by atoms with Gasteiger partial charge in [-0.3, -0.25) is 4.99 Å². The first-order chi connectivity index (χ1) is 3.84. The lowest BCUT2D eigenvalue weighted by atomic mass is 10.2. The molecule has 2 nitrogen and oxygen atoms in total. The van der Waals surface area contributed by atoms with Crippen molar-refractivity contribution >= 4 is 5.84 Å². The molecule has 0 aromatic carbocycles. The van der Waals surface area contributed by atoms with Crippen LogP contribution in [0.25, 0.3) is 0 Å². The second-order valence-electron chi connectivity index (χ2n) is 2.11. The third kappa shape index (κ3) is 0.831. The lowest BCUT2D eigenvalue weighted by molar-refractivity contribution is 0.298. The van der Waals surface area contributed by atoms with E-state index in [1.807, 2.05) is 7.05 Å². The summed E-state index contributed by atoms with van der Waals surface area (Å²) in [4.78, 5) is 6.33. The van der Waals surface area contributed by atoms with Gasteiger partial charge in [0, 0.05) is 20.1 Å². The summed E-state index contributed by atoms with van der Waals surface area (Å²) in [7, 11) is 1.84. The molecule has 8 heavy (non-hydrogen) atoms. The predicted octanol–water partition coefficient (Wildman–Crippen LogP) is 0.740. The summed E-state index contributed by atoms with van der Waals surface area (Å²) in [6.07, 6.45) is 1.34. The Kier molecular flexibility index (Phi) is 1.51. The molecule has 46 valence electrons. The van der Waals surface area contributed by atoms with Gasteiger partial charge in [-0.2, -0.15) is 0 Å². The maximum Gasteiger partial charge on any atom is 0.0954 e. The first kappa shape index (κ1) is 5.60. The van der Waals surface area contributed by atoms with Crippen molar-refractivity contribution in [3.63, 3.8) is 0 Å². The smallest absolute Gasteiger partial charge is 0.0954 e. The zero-order valence-electron chi connectivity index (χ0n) is 5.52. The van der Waals surface area contributed by atoms with E-state index < -0.39 is 0 Å². The van der Waals surface area contributed by atoms with Crippen molar-refractivity contribution in [3.8, 4) is 0 Å². The quantitative estimate of drug-likeness (QED) is 0.333. The third-order valence-corrected chi connectivity index (χ3v) is 1.64. The molecule has 0 atom stereocenters. The van der Waals surface area contributed by atoms with Crippen molar-refractivity contribution in [2.75, 3.05) is 20.1 Å². The molecule has 0 aliphatic carbocycles. The summed E-state index contributed by atoms with van der Waals surface area (Å²) in [6, 6.07) is 0. The van der Waals surface area contributed by atoms with Crippen molar-refractivity contribution in [1.82, 2.24) is 4.90 Å². The van der Waals surface area contributed by atoms with Gasteiger partial charge in [-0.25, -0.2) is 0 Å². The average molecular weight is 112 g/mol. The lowest BCUT2D eigenvalue weighted by Crippen LogP contribution is -2.40. The minimum atomic E-state index is 1.18. The van der Waals surface area contributed by atoms with Crippen LogP contribution in [-0.2, 0) is 0 Å². The number of rotatable bonds is 0. The summed E-state index contributed by atoms with van der Waals surface area (Å²) in [6.45, 7) is 4.48. The second kappa shape index (κ2) is 2.16. The third-order valence-electron chi connectivity index (χ3n) is 1.64. The molecule has 0 N–H and O–H groups in total. The van der Waals surface area contributed by atoms with Gasteiger partial charge in [0.2, 0.25) is 0 Å². The van der Waals surface area contributed by atoms with Crippen LogP contribution in [0, 0.1) is 0 Å². The minimum absolute atomic E-state index is 1.18. The molecule has 1 heterocycles. The summed E-state index contributed by atoms with van der Waals surface area (Å²) >= 11 is 0. The van der Waals surface area contributed by atoms with E-state index in [4.69, 9.17) is 0 Å². The van der Waals surface area contributed by atoms with E-state index in [9.17, 15) is 0 Å². The Balaban J connectivity index is 2.34. The molecule has 1 fully saturated rings.